The first kappa shape index (κ1) is 7.58. The number of oxime groups is 1. The maximum Gasteiger partial charge on any atom is 0.124 e. The number of rotatable bonds is 4. The van der Waals surface area contributed by atoms with E-state index in [0.29, 0.717) is 0 Å². The van der Waals surface area contributed by atoms with E-state index >= 15 is 0 Å². The summed E-state index contributed by atoms with van der Waals surface area (Å²) in [5, 5.41) is 3.88. The zero-order chi connectivity index (χ0) is 7.40. The van der Waals surface area contributed by atoms with Crippen LogP contribution in [0.4, 0.5) is 0 Å². The molecule has 0 aromatic rings. The molecule has 0 heterocycles. The number of hydrogen-bond donors (Lipinski definition) is 0. The number of nitrogens with zero attached hydrogens (tertiary/aromatic N) is 1. The number of hydrogen-bond acceptors (Lipinski definition) is 2. The normalized spacial score (nSPS) is 21.4. The van der Waals surface area contributed by atoms with Crippen LogP contribution in [0.3, 0.4) is 0 Å². The second kappa shape index (κ2) is 3.59. The molecule has 1 rings (SSSR count). The summed E-state index contributed by atoms with van der Waals surface area (Å²) < 4.78 is 0. The van der Waals surface area contributed by atoms with Gasteiger partial charge < -0.3 is 4.84 Å². The van der Waals surface area contributed by atoms with Crippen molar-refractivity contribution in [1.29, 1.82) is 0 Å². The zero-order valence-electron chi connectivity index (χ0n) is 6.71. The van der Waals surface area contributed by atoms with Crippen LogP contribution < -0.4 is 0 Å². The van der Waals surface area contributed by atoms with Crippen LogP contribution >= 0.6 is 0 Å². The van der Waals surface area contributed by atoms with Crippen molar-refractivity contribution in [1.82, 2.24) is 0 Å². The van der Waals surface area contributed by atoms with Crippen LogP contribution in [0, 0.1) is 5.92 Å². The molecule has 0 saturated heterocycles. The minimum atomic E-state index is 0.273. The molecule has 1 aliphatic carbocycles. The van der Waals surface area contributed by atoms with Gasteiger partial charge in [-0.1, -0.05) is 12.1 Å². The largest absolute Gasteiger partial charge is 0.393 e. The van der Waals surface area contributed by atoms with Gasteiger partial charge >= 0.3 is 0 Å². The molecule has 0 spiro atoms. The lowest BCUT2D eigenvalue weighted by molar-refractivity contribution is 0.0705. The molecule has 0 aromatic carbocycles. The van der Waals surface area contributed by atoms with E-state index in [0.717, 1.165) is 12.3 Å². The lowest BCUT2D eigenvalue weighted by atomic mass is 10.3. The van der Waals surface area contributed by atoms with Gasteiger partial charge in [0.05, 0.1) is 0 Å². The minimum Gasteiger partial charge on any atom is -0.393 e. The van der Waals surface area contributed by atoms with Gasteiger partial charge in [0.15, 0.2) is 0 Å². The first-order valence-electron chi connectivity index (χ1n) is 4.02. The third-order valence-electron chi connectivity index (χ3n) is 1.71. The molecular formula is C8H15NO. The van der Waals surface area contributed by atoms with Gasteiger partial charge in [0.25, 0.3) is 0 Å². The molecule has 0 aliphatic heterocycles. The Labute approximate surface area is 62.3 Å². The standard InChI is InChI=1S/C8H15NO/c1-3-7(2)10-9-6-8-4-5-8/h6-8H,3-5H2,1-2H3. The highest BCUT2D eigenvalue weighted by molar-refractivity contribution is 5.62. The summed E-state index contributed by atoms with van der Waals surface area (Å²) in [6.45, 7) is 4.13. The fourth-order valence-corrected chi connectivity index (χ4v) is 0.545. The molecule has 0 radical (unpaired) electrons. The van der Waals surface area contributed by atoms with Crippen molar-refractivity contribution in [2.45, 2.75) is 39.2 Å². The van der Waals surface area contributed by atoms with E-state index in [1.54, 1.807) is 0 Å². The fourth-order valence-electron chi connectivity index (χ4n) is 0.545. The Kier molecular flexibility index (Phi) is 2.72. The first-order chi connectivity index (χ1) is 4.83. The Morgan fingerprint density at radius 2 is 2.40 bits per heavy atom. The topological polar surface area (TPSA) is 21.6 Å². The van der Waals surface area contributed by atoms with Crippen molar-refractivity contribution in [3.05, 3.63) is 0 Å². The van der Waals surface area contributed by atoms with Gasteiger partial charge in [0.2, 0.25) is 0 Å². The third-order valence-corrected chi connectivity index (χ3v) is 1.71. The third kappa shape index (κ3) is 2.85. The Balaban J connectivity index is 2.01. The molecule has 2 heteroatoms. The molecule has 10 heavy (non-hydrogen) atoms. The van der Waals surface area contributed by atoms with Crippen molar-refractivity contribution < 1.29 is 4.84 Å². The highest BCUT2D eigenvalue weighted by atomic mass is 16.6. The van der Waals surface area contributed by atoms with E-state index in [-0.39, 0.29) is 6.10 Å². The quantitative estimate of drug-likeness (QED) is 0.434. The average Bonchev–Trinajstić information content (AvgIpc) is 2.71. The maximum atomic E-state index is 5.11. The molecule has 1 unspecified atom stereocenters. The van der Waals surface area contributed by atoms with Crippen LogP contribution in [-0.2, 0) is 4.84 Å². The fraction of sp³-hybridized carbons (Fsp3) is 0.875. The smallest absolute Gasteiger partial charge is 0.124 e. The molecule has 0 N–H and O–H groups in total. The minimum absolute atomic E-state index is 0.273. The molecule has 0 bridgehead atoms. The van der Waals surface area contributed by atoms with Gasteiger partial charge in [-0.3, -0.25) is 0 Å². The van der Waals surface area contributed by atoms with Crippen molar-refractivity contribution in [3.8, 4) is 0 Å². The first-order valence-corrected chi connectivity index (χ1v) is 4.02. The van der Waals surface area contributed by atoms with Gasteiger partial charge in [0, 0.05) is 6.21 Å². The lowest BCUT2D eigenvalue weighted by Crippen LogP contribution is -2.01. The van der Waals surface area contributed by atoms with Gasteiger partial charge in [-0.2, -0.15) is 0 Å². The van der Waals surface area contributed by atoms with E-state index in [4.69, 9.17) is 4.84 Å². The molecule has 1 saturated carbocycles. The summed E-state index contributed by atoms with van der Waals surface area (Å²) in [7, 11) is 0. The molecule has 0 amide bonds. The Bertz CT molecular complexity index is 118. The van der Waals surface area contributed by atoms with E-state index in [2.05, 4.69) is 12.1 Å². The van der Waals surface area contributed by atoms with E-state index < -0.39 is 0 Å². The van der Waals surface area contributed by atoms with E-state index in [1.165, 1.54) is 12.8 Å². The van der Waals surface area contributed by atoms with Crippen LogP contribution in [0.15, 0.2) is 5.16 Å². The summed E-state index contributed by atoms with van der Waals surface area (Å²) >= 11 is 0. The van der Waals surface area contributed by atoms with Crippen LogP contribution in [-0.4, -0.2) is 12.3 Å². The van der Waals surface area contributed by atoms with Crippen LogP contribution in [0.1, 0.15) is 33.1 Å². The van der Waals surface area contributed by atoms with E-state index in [9.17, 15) is 0 Å². The summed E-state index contributed by atoms with van der Waals surface area (Å²) in [4.78, 5) is 5.11. The summed E-state index contributed by atoms with van der Waals surface area (Å²) in [5.74, 6) is 0.726. The second-order valence-corrected chi connectivity index (χ2v) is 2.92. The van der Waals surface area contributed by atoms with Gasteiger partial charge in [-0.15, -0.1) is 0 Å². The van der Waals surface area contributed by atoms with Crippen LogP contribution in [0.25, 0.3) is 0 Å². The Morgan fingerprint density at radius 1 is 1.70 bits per heavy atom. The van der Waals surface area contributed by atoms with E-state index in [1.807, 2.05) is 13.1 Å². The molecule has 1 fully saturated rings. The van der Waals surface area contributed by atoms with Crippen molar-refractivity contribution in [2.24, 2.45) is 11.1 Å². The molecule has 0 aromatic heterocycles. The van der Waals surface area contributed by atoms with Gasteiger partial charge in [-0.05, 0) is 32.1 Å². The van der Waals surface area contributed by atoms with Crippen molar-refractivity contribution in [3.63, 3.8) is 0 Å². The predicted octanol–water partition coefficient (Wildman–Crippen LogP) is 2.20. The van der Waals surface area contributed by atoms with Crippen LogP contribution in [0.5, 0.6) is 0 Å². The summed E-state index contributed by atoms with van der Waals surface area (Å²) in [6, 6.07) is 0. The molecule has 58 valence electrons. The Hall–Kier alpha value is -0.530. The monoisotopic (exact) mass is 141 g/mol. The zero-order valence-corrected chi connectivity index (χ0v) is 6.71. The molecular weight excluding hydrogens is 126 g/mol. The average molecular weight is 141 g/mol. The molecule has 1 atom stereocenters. The van der Waals surface area contributed by atoms with Gasteiger partial charge in [0.1, 0.15) is 6.10 Å². The Morgan fingerprint density at radius 3 is 2.90 bits per heavy atom. The lowest BCUT2D eigenvalue weighted by Gasteiger charge is -2.03. The maximum absolute atomic E-state index is 5.11. The highest BCUT2D eigenvalue weighted by Crippen LogP contribution is 2.26. The van der Waals surface area contributed by atoms with Crippen LogP contribution in [0.2, 0.25) is 0 Å². The summed E-state index contributed by atoms with van der Waals surface area (Å²) in [5.41, 5.74) is 0. The SMILES string of the molecule is CCC(C)ON=CC1CC1. The van der Waals surface area contributed by atoms with Crippen molar-refractivity contribution in [2.75, 3.05) is 0 Å². The van der Waals surface area contributed by atoms with Crippen molar-refractivity contribution >= 4 is 6.21 Å². The highest BCUT2D eigenvalue weighted by Gasteiger charge is 2.18. The molecule has 1 aliphatic rings. The molecule has 2 nitrogen and oxygen atoms in total. The second-order valence-electron chi connectivity index (χ2n) is 2.92. The predicted molar refractivity (Wildman–Crippen MR) is 42.1 cm³/mol. The summed E-state index contributed by atoms with van der Waals surface area (Å²) in [6.07, 6.45) is 5.82. The van der Waals surface area contributed by atoms with Gasteiger partial charge in [-0.25, -0.2) is 0 Å².